The van der Waals surface area contributed by atoms with Crippen molar-refractivity contribution in [3.63, 3.8) is 0 Å². The maximum atomic E-state index is 13.5. The molecule has 10 heteroatoms. The summed E-state index contributed by atoms with van der Waals surface area (Å²) in [7, 11) is -3.84. The number of carbonyl (C=O) groups is 2. The molecule has 0 unspecified atom stereocenters. The van der Waals surface area contributed by atoms with Crippen molar-refractivity contribution in [2.24, 2.45) is 0 Å². The van der Waals surface area contributed by atoms with Crippen LogP contribution in [-0.4, -0.2) is 57.1 Å². The SMILES string of the molecule is CCCNC(=O)[C@@H](C)N(Cc1ccc(Cl)cc1)C(=O)CN(c1ccccc1OCC)S(C)(=O)=O. The number of anilines is 1. The molecule has 0 radical (unpaired) electrons. The lowest BCUT2D eigenvalue weighted by molar-refractivity contribution is -0.139. The molecule has 2 aromatic carbocycles. The summed E-state index contributed by atoms with van der Waals surface area (Å²) in [5, 5.41) is 3.35. The maximum Gasteiger partial charge on any atom is 0.244 e. The minimum Gasteiger partial charge on any atom is -0.492 e. The summed E-state index contributed by atoms with van der Waals surface area (Å²) in [6.07, 6.45) is 1.78. The number of benzene rings is 2. The van der Waals surface area contributed by atoms with Gasteiger partial charge in [0.05, 0.1) is 18.6 Å². The molecule has 0 aromatic heterocycles. The smallest absolute Gasteiger partial charge is 0.244 e. The lowest BCUT2D eigenvalue weighted by Crippen LogP contribution is -2.51. The molecule has 0 heterocycles. The Morgan fingerprint density at radius 3 is 2.32 bits per heavy atom. The van der Waals surface area contributed by atoms with E-state index in [1.807, 2.05) is 6.92 Å². The van der Waals surface area contributed by atoms with Crippen LogP contribution in [-0.2, 0) is 26.2 Å². The number of carbonyl (C=O) groups excluding carboxylic acids is 2. The summed E-state index contributed by atoms with van der Waals surface area (Å²) in [5.74, 6) is -0.489. The van der Waals surface area contributed by atoms with E-state index in [-0.39, 0.29) is 18.1 Å². The van der Waals surface area contributed by atoms with Gasteiger partial charge in [-0.2, -0.15) is 0 Å². The Morgan fingerprint density at radius 1 is 1.09 bits per heavy atom. The average molecular weight is 510 g/mol. The molecule has 0 aliphatic rings. The largest absolute Gasteiger partial charge is 0.492 e. The van der Waals surface area contributed by atoms with Crippen molar-refractivity contribution in [1.82, 2.24) is 10.2 Å². The third-order valence-electron chi connectivity index (χ3n) is 5.10. The number of sulfonamides is 1. The Balaban J connectivity index is 2.40. The fourth-order valence-electron chi connectivity index (χ4n) is 3.30. The zero-order chi connectivity index (χ0) is 25.3. The molecule has 0 saturated heterocycles. The van der Waals surface area contributed by atoms with Gasteiger partial charge in [-0.15, -0.1) is 0 Å². The highest BCUT2D eigenvalue weighted by atomic mass is 35.5. The quantitative estimate of drug-likeness (QED) is 0.472. The predicted molar refractivity (Wildman–Crippen MR) is 135 cm³/mol. The van der Waals surface area contributed by atoms with E-state index in [1.54, 1.807) is 62.4 Å². The van der Waals surface area contributed by atoms with Gasteiger partial charge in [0, 0.05) is 18.1 Å². The van der Waals surface area contributed by atoms with Crippen LogP contribution < -0.4 is 14.4 Å². The number of rotatable bonds is 12. The molecule has 34 heavy (non-hydrogen) atoms. The van der Waals surface area contributed by atoms with Crippen molar-refractivity contribution >= 4 is 39.1 Å². The van der Waals surface area contributed by atoms with Gasteiger partial charge in [0.2, 0.25) is 21.8 Å². The van der Waals surface area contributed by atoms with Gasteiger partial charge in [-0.1, -0.05) is 42.8 Å². The van der Waals surface area contributed by atoms with Crippen LogP contribution in [0.5, 0.6) is 5.75 Å². The van der Waals surface area contributed by atoms with Crippen LogP contribution in [0, 0.1) is 0 Å². The molecule has 2 rings (SSSR count). The molecule has 8 nitrogen and oxygen atoms in total. The molecule has 0 aliphatic heterocycles. The molecule has 0 bridgehead atoms. The monoisotopic (exact) mass is 509 g/mol. The number of hydrogen-bond donors (Lipinski definition) is 1. The predicted octanol–water partition coefficient (Wildman–Crippen LogP) is 3.45. The maximum absolute atomic E-state index is 13.5. The first-order chi connectivity index (χ1) is 16.1. The van der Waals surface area contributed by atoms with Gasteiger partial charge in [0.15, 0.2) is 0 Å². The lowest BCUT2D eigenvalue weighted by Gasteiger charge is -2.32. The standard InChI is InChI=1S/C24H32ClN3O5S/c1-5-15-26-24(30)18(3)27(16-19-11-13-20(25)14-12-19)23(29)17-28(34(4,31)32)21-9-7-8-10-22(21)33-6-2/h7-14,18H,5-6,15-17H2,1-4H3,(H,26,30)/t18-/m1/s1. The van der Waals surface area contributed by atoms with Gasteiger partial charge in [-0.05, 0) is 50.1 Å². The summed E-state index contributed by atoms with van der Waals surface area (Å²) < 4.78 is 32.0. The van der Waals surface area contributed by atoms with Gasteiger partial charge in [-0.25, -0.2) is 8.42 Å². The van der Waals surface area contributed by atoms with Crippen LogP contribution in [0.2, 0.25) is 5.02 Å². The molecular weight excluding hydrogens is 478 g/mol. The van der Waals surface area contributed by atoms with Crippen LogP contribution in [0.15, 0.2) is 48.5 Å². The van der Waals surface area contributed by atoms with Crippen molar-refractivity contribution in [3.8, 4) is 5.75 Å². The van der Waals surface area contributed by atoms with Crippen LogP contribution in [0.4, 0.5) is 5.69 Å². The highest BCUT2D eigenvalue weighted by Gasteiger charge is 2.31. The number of para-hydroxylation sites is 2. The number of nitrogens with zero attached hydrogens (tertiary/aromatic N) is 2. The van der Waals surface area contributed by atoms with Gasteiger partial charge in [-0.3, -0.25) is 13.9 Å². The van der Waals surface area contributed by atoms with E-state index < -0.39 is 28.5 Å². The van der Waals surface area contributed by atoms with Crippen molar-refractivity contribution in [2.75, 3.05) is 30.3 Å². The van der Waals surface area contributed by atoms with Crippen molar-refractivity contribution in [3.05, 3.63) is 59.1 Å². The molecule has 1 atom stereocenters. The topological polar surface area (TPSA) is 96.0 Å². The highest BCUT2D eigenvalue weighted by Crippen LogP contribution is 2.30. The Morgan fingerprint density at radius 2 is 1.74 bits per heavy atom. The van der Waals surface area contributed by atoms with Crippen LogP contribution in [0.3, 0.4) is 0 Å². The average Bonchev–Trinajstić information content (AvgIpc) is 2.80. The van der Waals surface area contributed by atoms with Gasteiger partial charge in [0.25, 0.3) is 0 Å². The van der Waals surface area contributed by atoms with Crippen molar-refractivity contribution in [1.29, 1.82) is 0 Å². The van der Waals surface area contributed by atoms with Crippen LogP contribution in [0.25, 0.3) is 0 Å². The minimum atomic E-state index is -3.84. The first-order valence-electron chi connectivity index (χ1n) is 11.1. The van der Waals surface area contributed by atoms with Crippen LogP contribution >= 0.6 is 11.6 Å². The van der Waals surface area contributed by atoms with E-state index in [4.69, 9.17) is 16.3 Å². The van der Waals surface area contributed by atoms with Crippen LogP contribution in [0.1, 0.15) is 32.8 Å². The zero-order valence-electron chi connectivity index (χ0n) is 20.0. The number of hydrogen-bond acceptors (Lipinski definition) is 5. The van der Waals surface area contributed by atoms with E-state index >= 15 is 0 Å². The molecule has 0 aliphatic carbocycles. The number of amides is 2. The van der Waals surface area contributed by atoms with Crippen molar-refractivity contribution < 1.29 is 22.7 Å². The second-order valence-electron chi connectivity index (χ2n) is 7.79. The summed E-state index contributed by atoms with van der Waals surface area (Å²) in [6, 6.07) is 12.7. The van der Waals surface area contributed by atoms with E-state index in [2.05, 4.69) is 5.32 Å². The number of ether oxygens (including phenoxy) is 1. The molecule has 0 spiro atoms. The molecule has 186 valence electrons. The summed E-state index contributed by atoms with van der Waals surface area (Å²) in [4.78, 5) is 27.6. The van der Waals surface area contributed by atoms with Gasteiger partial charge < -0.3 is 15.0 Å². The third kappa shape index (κ3) is 7.63. The second-order valence-corrected chi connectivity index (χ2v) is 10.1. The first-order valence-corrected chi connectivity index (χ1v) is 13.3. The Kier molecular flexibility index (Phi) is 10.2. The Hall–Kier alpha value is -2.78. The fraction of sp³-hybridized carbons (Fsp3) is 0.417. The Bertz CT molecular complexity index is 1080. The van der Waals surface area contributed by atoms with E-state index in [1.165, 1.54) is 4.90 Å². The molecule has 2 aromatic rings. The van der Waals surface area contributed by atoms with E-state index in [0.717, 1.165) is 22.5 Å². The second kappa shape index (κ2) is 12.6. The first kappa shape index (κ1) is 27.5. The normalized spacial score (nSPS) is 12.0. The summed E-state index contributed by atoms with van der Waals surface area (Å²) in [5.41, 5.74) is 1.02. The molecule has 2 amide bonds. The van der Waals surface area contributed by atoms with Gasteiger partial charge >= 0.3 is 0 Å². The number of halogens is 1. The van der Waals surface area contributed by atoms with Crippen molar-refractivity contribution in [2.45, 2.75) is 39.8 Å². The minimum absolute atomic E-state index is 0.113. The number of nitrogens with one attached hydrogen (secondary N) is 1. The van der Waals surface area contributed by atoms with E-state index in [0.29, 0.717) is 23.9 Å². The fourth-order valence-corrected chi connectivity index (χ4v) is 4.28. The molecule has 0 fully saturated rings. The van der Waals surface area contributed by atoms with E-state index in [9.17, 15) is 18.0 Å². The zero-order valence-corrected chi connectivity index (χ0v) is 21.5. The lowest BCUT2D eigenvalue weighted by atomic mass is 10.1. The molecule has 1 N–H and O–H groups in total. The third-order valence-corrected chi connectivity index (χ3v) is 6.47. The highest BCUT2D eigenvalue weighted by molar-refractivity contribution is 7.92. The summed E-state index contributed by atoms with van der Waals surface area (Å²) in [6.45, 7) is 5.78. The molecule has 0 saturated carbocycles. The van der Waals surface area contributed by atoms with Gasteiger partial charge in [0.1, 0.15) is 18.3 Å². The summed E-state index contributed by atoms with van der Waals surface area (Å²) >= 11 is 5.98. The molecular formula is C24H32ClN3O5S. The Labute approximate surface area is 206 Å².